The Morgan fingerprint density at radius 2 is 1.70 bits per heavy atom. The van der Waals surface area contributed by atoms with Crippen molar-refractivity contribution in [2.45, 2.75) is 13.1 Å². The van der Waals surface area contributed by atoms with E-state index in [2.05, 4.69) is 15.6 Å². The van der Waals surface area contributed by atoms with Crippen LogP contribution in [-0.2, 0) is 13.1 Å². The fraction of sp³-hybridized carbons (Fsp3) is 0.235. The molecule has 0 aromatic heterocycles. The monoisotopic (exact) mass is 445 g/mol. The van der Waals surface area contributed by atoms with Gasteiger partial charge in [0.05, 0.1) is 7.11 Å². The highest BCUT2D eigenvalue weighted by Gasteiger charge is 2.00. The quantitative estimate of drug-likeness (QED) is 0.418. The lowest BCUT2D eigenvalue weighted by atomic mass is 10.2. The van der Waals surface area contributed by atoms with Gasteiger partial charge in [-0.05, 0) is 35.4 Å². The van der Waals surface area contributed by atoms with Crippen molar-refractivity contribution in [1.29, 1.82) is 0 Å². The number of benzene rings is 2. The zero-order valence-electron chi connectivity index (χ0n) is 13.2. The molecule has 2 aromatic rings. The molecule has 0 spiro atoms. The van der Waals surface area contributed by atoms with Crippen molar-refractivity contribution in [2.24, 2.45) is 4.99 Å². The Balaban J connectivity index is 0.00000264. The van der Waals surface area contributed by atoms with Crippen LogP contribution in [0.3, 0.4) is 0 Å². The number of halogens is 2. The van der Waals surface area contributed by atoms with E-state index >= 15 is 0 Å². The number of methoxy groups -OCH3 is 1. The van der Waals surface area contributed by atoms with Crippen molar-refractivity contribution >= 4 is 41.5 Å². The topological polar surface area (TPSA) is 45.7 Å². The van der Waals surface area contributed by atoms with Gasteiger partial charge in [-0.2, -0.15) is 0 Å². The van der Waals surface area contributed by atoms with Crippen molar-refractivity contribution < 1.29 is 4.74 Å². The van der Waals surface area contributed by atoms with Crippen LogP contribution in [0.25, 0.3) is 0 Å². The van der Waals surface area contributed by atoms with Crippen LogP contribution < -0.4 is 15.4 Å². The SMILES string of the molecule is CN=C(NCc1ccc(OC)cc1)NCc1cccc(Cl)c1.I. The molecule has 0 radical (unpaired) electrons. The average Bonchev–Trinajstić information content (AvgIpc) is 2.55. The summed E-state index contributed by atoms with van der Waals surface area (Å²) in [6.07, 6.45) is 0. The fourth-order valence-electron chi connectivity index (χ4n) is 1.98. The Hall–Kier alpha value is -1.47. The second-order valence-corrected chi connectivity index (χ2v) is 5.19. The predicted molar refractivity (Wildman–Crippen MR) is 107 cm³/mol. The zero-order chi connectivity index (χ0) is 15.8. The van der Waals surface area contributed by atoms with E-state index in [9.17, 15) is 0 Å². The van der Waals surface area contributed by atoms with Crippen LogP contribution in [0.1, 0.15) is 11.1 Å². The number of guanidine groups is 1. The number of nitrogens with one attached hydrogen (secondary N) is 2. The Morgan fingerprint density at radius 3 is 2.26 bits per heavy atom. The number of rotatable bonds is 5. The van der Waals surface area contributed by atoms with Crippen LogP contribution in [0.4, 0.5) is 0 Å². The van der Waals surface area contributed by atoms with E-state index in [1.165, 1.54) is 0 Å². The van der Waals surface area contributed by atoms with Gasteiger partial charge in [0, 0.05) is 25.2 Å². The molecule has 0 aliphatic rings. The molecule has 0 saturated heterocycles. The number of hydrogen-bond donors (Lipinski definition) is 2. The Kier molecular flexibility index (Phi) is 8.79. The first-order valence-corrected chi connectivity index (χ1v) is 7.41. The number of nitrogens with zero attached hydrogens (tertiary/aromatic N) is 1. The minimum Gasteiger partial charge on any atom is -0.497 e. The van der Waals surface area contributed by atoms with E-state index < -0.39 is 0 Å². The molecule has 124 valence electrons. The van der Waals surface area contributed by atoms with Crippen molar-refractivity contribution in [2.75, 3.05) is 14.2 Å². The van der Waals surface area contributed by atoms with Gasteiger partial charge in [0.2, 0.25) is 0 Å². The maximum Gasteiger partial charge on any atom is 0.191 e. The Bertz CT molecular complexity index is 632. The third kappa shape index (κ3) is 6.66. The molecular formula is C17H21ClIN3O. The van der Waals surface area contributed by atoms with Crippen LogP contribution in [0, 0.1) is 0 Å². The second kappa shape index (κ2) is 10.3. The first-order valence-electron chi connectivity index (χ1n) is 7.03. The summed E-state index contributed by atoms with van der Waals surface area (Å²) >= 11 is 5.98. The third-order valence-electron chi connectivity index (χ3n) is 3.19. The maximum absolute atomic E-state index is 5.98. The van der Waals surface area contributed by atoms with Crippen molar-refractivity contribution in [3.63, 3.8) is 0 Å². The molecule has 0 amide bonds. The molecule has 4 nitrogen and oxygen atoms in total. The van der Waals surface area contributed by atoms with E-state index in [0.717, 1.165) is 27.9 Å². The van der Waals surface area contributed by atoms with Gasteiger partial charge in [-0.25, -0.2) is 0 Å². The van der Waals surface area contributed by atoms with Crippen molar-refractivity contribution in [3.05, 3.63) is 64.7 Å². The molecule has 0 heterocycles. The van der Waals surface area contributed by atoms with Gasteiger partial charge in [0.1, 0.15) is 5.75 Å². The third-order valence-corrected chi connectivity index (χ3v) is 3.43. The maximum atomic E-state index is 5.98. The highest BCUT2D eigenvalue weighted by Crippen LogP contribution is 2.11. The molecule has 2 rings (SSSR count). The highest BCUT2D eigenvalue weighted by atomic mass is 127. The molecule has 2 aromatic carbocycles. The smallest absolute Gasteiger partial charge is 0.191 e. The summed E-state index contributed by atoms with van der Waals surface area (Å²) < 4.78 is 5.15. The lowest BCUT2D eigenvalue weighted by molar-refractivity contribution is 0.414. The van der Waals surface area contributed by atoms with Gasteiger partial charge in [-0.1, -0.05) is 35.9 Å². The van der Waals surface area contributed by atoms with E-state index in [1.54, 1.807) is 14.2 Å². The van der Waals surface area contributed by atoms with Gasteiger partial charge in [0.15, 0.2) is 5.96 Å². The molecule has 0 unspecified atom stereocenters. The number of hydrogen-bond acceptors (Lipinski definition) is 2. The molecule has 0 aliphatic heterocycles. The molecule has 0 bridgehead atoms. The van der Waals surface area contributed by atoms with Gasteiger partial charge < -0.3 is 15.4 Å². The lowest BCUT2D eigenvalue weighted by Crippen LogP contribution is -2.36. The van der Waals surface area contributed by atoms with Crippen molar-refractivity contribution in [3.8, 4) is 5.75 Å². The number of aliphatic imine (C=N–C) groups is 1. The van der Waals surface area contributed by atoms with Crippen LogP contribution >= 0.6 is 35.6 Å². The lowest BCUT2D eigenvalue weighted by Gasteiger charge is -2.12. The van der Waals surface area contributed by atoms with Gasteiger partial charge >= 0.3 is 0 Å². The Morgan fingerprint density at radius 1 is 1.04 bits per heavy atom. The molecule has 6 heteroatoms. The van der Waals surface area contributed by atoms with Crippen molar-refractivity contribution in [1.82, 2.24) is 10.6 Å². The van der Waals surface area contributed by atoms with Gasteiger partial charge in [0.25, 0.3) is 0 Å². The van der Waals surface area contributed by atoms with E-state index in [-0.39, 0.29) is 24.0 Å². The van der Waals surface area contributed by atoms with Crippen LogP contribution in [-0.4, -0.2) is 20.1 Å². The summed E-state index contributed by atoms with van der Waals surface area (Å²) in [5.74, 6) is 1.60. The van der Waals surface area contributed by atoms with E-state index in [0.29, 0.717) is 13.1 Å². The first kappa shape index (κ1) is 19.6. The van der Waals surface area contributed by atoms with Gasteiger partial charge in [-0.15, -0.1) is 24.0 Å². The highest BCUT2D eigenvalue weighted by molar-refractivity contribution is 14.0. The van der Waals surface area contributed by atoms with E-state index in [4.69, 9.17) is 16.3 Å². The zero-order valence-corrected chi connectivity index (χ0v) is 16.3. The minimum atomic E-state index is 0. The largest absolute Gasteiger partial charge is 0.497 e. The Labute approximate surface area is 159 Å². The molecule has 0 fully saturated rings. The van der Waals surface area contributed by atoms with Crippen LogP contribution in [0.15, 0.2) is 53.5 Å². The predicted octanol–water partition coefficient (Wildman–Crippen LogP) is 3.83. The fourth-order valence-corrected chi connectivity index (χ4v) is 2.20. The van der Waals surface area contributed by atoms with E-state index in [1.807, 2.05) is 48.5 Å². The number of ether oxygens (including phenoxy) is 1. The minimum absolute atomic E-state index is 0. The summed E-state index contributed by atoms with van der Waals surface area (Å²) in [4.78, 5) is 4.21. The molecule has 0 saturated carbocycles. The molecule has 0 atom stereocenters. The summed E-state index contributed by atoms with van der Waals surface area (Å²) in [5, 5.41) is 7.27. The first-order chi connectivity index (χ1) is 10.7. The second-order valence-electron chi connectivity index (χ2n) is 4.76. The standard InChI is InChI=1S/C17H20ClN3O.HI/c1-19-17(21-12-14-4-3-5-15(18)10-14)20-11-13-6-8-16(22-2)9-7-13;/h3-10H,11-12H2,1-2H3,(H2,19,20,21);1H. The van der Waals surface area contributed by atoms with Gasteiger partial charge in [-0.3, -0.25) is 4.99 Å². The summed E-state index contributed by atoms with van der Waals surface area (Å²) in [5.41, 5.74) is 2.27. The van der Waals surface area contributed by atoms with Crippen LogP contribution in [0.2, 0.25) is 5.02 Å². The summed E-state index contributed by atoms with van der Waals surface area (Å²) in [6, 6.07) is 15.7. The summed E-state index contributed by atoms with van der Waals surface area (Å²) in [6.45, 7) is 1.36. The van der Waals surface area contributed by atoms with Crippen LogP contribution in [0.5, 0.6) is 5.75 Å². The normalized spacial score (nSPS) is 10.7. The molecular weight excluding hydrogens is 425 g/mol. The molecule has 2 N–H and O–H groups in total. The molecule has 23 heavy (non-hydrogen) atoms. The average molecular weight is 446 g/mol. The summed E-state index contributed by atoms with van der Waals surface area (Å²) in [7, 11) is 3.41. The molecule has 0 aliphatic carbocycles.